The highest BCUT2D eigenvalue weighted by Crippen LogP contribution is 2.17. The summed E-state index contributed by atoms with van der Waals surface area (Å²) in [5.41, 5.74) is 2.28. The molecule has 0 radical (unpaired) electrons. The van der Waals surface area contributed by atoms with Crippen LogP contribution < -0.4 is 10.1 Å². The van der Waals surface area contributed by atoms with Crippen molar-refractivity contribution in [3.05, 3.63) is 101 Å². The van der Waals surface area contributed by atoms with Crippen LogP contribution in [0.15, 0.2) is 78.9 Å². The van der Waals surface area contributed by atoms with Gasteiger partial charge in [-0.05, 0) is 60.5 Å². The minimum absolute atomic E-state index is 0.0702. The summed E-state index contributed by atoms with van der Waals surface area (Å²) in [5.74, 6) is 0.255. The van der Waals surface area contributed by atoms with E-state index in [1.54, 1.807) is 48.5 Å². The number of benzene rings is 3. The average molecular weight is 394 g/mol. The van der Waals surface area contributed by atoms with Crippen LogP contribution in [0, 0.1) is 0 Å². The molecule has 0 atom stereocenters. The lowest BCUT2D eigenvalue weighted by molar-refractivity contribution is -0.123. The highest BCUT2D eigenvalue weighted by atomic mass is 35.5. The Morgan fingerprint density at radius 2 is 1.43 bits per heavy atom. The monoisotopic (exact) mass is 393 g/mol. The maximum Gasteiger partial charge on any atom is 0.257 e. The van der Waals surface area contributed by atoms with Crippen molar-refractivity contribution in [2.45, 2.75) is 6.42 Å². The molecule has 0 aromatic heterocycles. The predicted molar refractivity (Wildman–Crippen MR) is 110 cm³/mol. The van der Waals surface area contributed by atoms with Crippen LogP contribution in [0.5, 0.6) is 5.75 Å². The van der Waals surface area contributed by atoms with E-state index in [9.17, 15) is 9.59 Å². The summed E-state index contributed by atoms with van der Waals surface area (Å²) in [4.78, 5) is 24.3. The summed E-state index contributed by atoms with van der Waals surface area (Å²) in [6.45, 7) is 0.486. The smallest absolute Gasteiger partial charge is 0.257 e. The van der Waals surface area contributed by atoms with Crippen LogP contribution in [0.3, 0.4) is 0 Å². The van der Waals surface area contributed by atoms with Crippen LogP contribution in [0.25, 0.3) is 0 Å². The van der Waals surface area contributed by atoms with E-state index in [0.717, 1.165) is 6.42 Å². The van der Waals surface area contributed by atoms with E-state index in [-0.39, 0.29) is 18.3 Å². The Morgan fingerprint density at radius 1 is 0.821 bits per heavy atom. The Hall–Kier alpha value is -3.11. The van der Waals surface area contributed by atoms with Crippen LogP contribution in [0.2, 0.25) is 5.02 Å². The van der Waals surface area contributed by atoms with E-state index >= 15 is 0 Å². The number of hydrogen-bond donors (Lipinski definition) is 1. The Labute approximate surface area is 169 Å². The number of ether oxygens (including phenoxy) is 1. The molecule has 0 spiro atoms. The third-order valence-corrected chi connectivity index (χ3v) is 4.42. The van der Waals surface area contributed by atoms with Crippen molar-refractivity contribution in [2.75, 3.05) is 13.2 Å². The molecule has 0 bridgehead atoms. The summed E-state index contributed by atoms with van der Waals surface area (Å²) >= 11 is 5.85. The van der Waals surface area contributed by atoms with E-state index in [0.29, 0.717) is 28.4 Å². The molecule has 3 aromatic carbocycles. The van der Waals surface area contributed by atoms with Crippen molar-refractivity contribution >= 4 is 23.3 Å². The Bertz CT molecular complexity index is 922. The molecule has 0 fully saturated rings. The van der Waals surface area contributed by atoms with Gasteiger partial charge in [0.2, 0.25) is 0 Å². The van der Waals surface area contributed by atoms with Crippen molar-refractivity contribution in [1.82, 2.24) is 5.32 Å². The number of nitrogens with one attached hydrogen (secondary N) is 1. The van der Waals surface area contributed by atoms with E-state index in [4.69, 9.17) is 16.3 Å². The number of carbonyl (C=O) groups is 2. The first-order valence-electron chi connectivity index (χ1n) is 8.95. The fourth-order valence-electron chi connectivity index (χ4n) is 2.66. The van der Waals surface area contributed by atoms with E-state index in [1.807, 2.05) is 30.3 Å². The van der Waals surface area contributed by atoms with Gasteiger partial charge in [-0.3, -0.25) is 9.59 Å². The van der Waals surface area contributed by atoms with Gasteiger partial charge in [0, 0.05) is 22.7 Å². The van der Waals surface area contributed by atoms with Crippen LogP contribution in [0.4, 0.5) is 0 Å². The fourth-order valence-corrected chi connectivity index (χ4v) is 2.79. The lowest BCUT2D eigenvalue weighted by atomic mass is 10.0. The highest BCUT2D eigenvalue weighted by molar-refractivity contribution is 6.30. The van der Waals surface area contributed by atoms with Gasteiger partial charge in [0.1, 0.15) is 5.75 Å². The topological polar surface area (TPSA) is 55.4 Å². The maximum atomic E-state index is 12.4. The molecule has 4 nitrogen and oxygen atoms in total. The summed E-state index contributed by atoms with van der Waals surface area (Å²) in [5, 5.41) is 3.41. The zero-order chi connectivity index (χ0) is 19.8. The summed E-state index contributed by atoms with van der Waals surface area (Å²) in [6, 6.07) is 23.4. The number of ketones is 1. The molecule has 1 N–H and O–H groups in total. The molecule has 28 heavy (non-hydrogen) atoms. The Kier molecular flexibility index (Phi) is 6.82. The predicted octanol–water partition coefficient (Wildman–Crippen LogP) is 4.31. The number of amides is 1. The van der Waals surface area contributed by atoms with Crippen molar-refractivity contribution in [2.24, 2.45) is 0 Å². The number of halogens is 1. The zero-order valence-electron chi connectivity index (χ0n) is 15.2. The summed E-state index contributed by atoms with van der Waals surface area (Å²) in [7, 11) is 0. The molecule has 3 rings (SSSR count). The second kappa shape index (κ2) is 9.72. The first-order chi connectivity index (χ1) is 13.6. The van der Waals surface area contributed by atoms with Gasteiger partial charge in [0.25, 0.3) is 5.91 Å². The third-order valence-electron chi connectivity index (χ3n) is 4.17. The summed E-state index contributed by atoms with van der Waals surface area (Å²) < 4.78 is 5.49. The van der Waals surface area contributed by atoms with Crippen molar-refractivity contribution in [3.8, 4) is 5.75 Å². The molecule has 0 aliphatic heterocycles. The second-order valence-electron chi connectivity index (χ2n) is 6.23. The van der Waals surface area contributed by atoms with Gasteiger partial charge in [0.15, 0.2) is 12.4 Å². The molecule has 0 saturated carbocycles. The van der Waals surface area contributed by atoms with Gasteiger partial charge in [-0.15, -0.1) is 0 Å². The van der Waals surface area contributed by atoms with E-state index in [1.165, 1.54) is 5.56 Å². The van der Waals surface area contributed by atoms with Crippen molar-refractivity contribution < 1.29 is 14.3 Å². The first kappa shape index (κ1) is 19.6. The standard InChI is InChI=1S/C23H20ClNO3/c24-20-10-6-18(7-11-20)23(27)19-8-12-21(13-9-19)28-16-22(26)25-15-14-17-4-2-1-3-5-17/h1-13H,14-16H2,(H,25,26). The molecule has 0 aliphatic rings. The molecule has 142 valence electrons. The fraction of sp³-hybridized carbons (Fsp3) is 0.130. The second-order valence-corrected chi connectivity index (χ2v) is 6.67. The van der Waals surface area contributed by atoms with Gasteiger partial charge < -0.3 is 10.1 Å². The van der Waals surface area contributed by atoms with Gasteiger partial charge in [-0.25, -0.2) is 0 Å². The average Bonchev–Trinajstić information content (AvgIpc) is 2.73. The lowest BCUT2D eigenvalue weighted by Crippen LogP contribution is -2.30. The molecule has 3 aromatic rings. The first-order valence-corrected chi connectivity index (χ1v) is 9.33. The van der Waals surface area contributed by atoms with Crippen LogP contribution in [-0.4, -0.2) is 24.8 Å². The van der Waals surface area contributed by atoms with Crippen LogP contribution in [0.1, 0.15) is 21.5 Å². The SMILES string of the molecule is O=C(COc1ccc(C(=O)c2ccc(Cl)cc2)cc1)NCCc1ccccc1. The van der Waals surface area contributed by atoms with Crippen molar-refractivity contribution in [1.29, 1.82) is 0 Å². The largest absolute Gasteiger partial charge is 0.484 e. The molecular weight excluding hydrogens is 374 g/mol. The third kappa shape index (κ3) is 5.69. The Morgan fingerprint density at radius 3 is 2.07 bits per heavy atom. The normalized spacial score (nSPS) is 10.3. The quantitative estimate of drug-likeness (QED) is 0.580. The molecule has 0 unspecified atom stereocenters. The molecule has 0 heterocycles. The van der Waals surface area contributed by atoms with E-state index in [2.05, 4.69) is 5.32 Å². The van der Waals surface area contributed by atoms with Gasteiger partial charge in [-0.2, -0.15) is 0 Å². The van der Waals surface area contributed by atoms with Gasteiger partial charge >= 0.3 is 0 Å². The molecule has 0 saturated heterocycles. The van der Waals surface area contributed by atoms with Crippen molar-refractivity contribution in [3.63, 3.8) is 0 Å². The zero-order valence-corrected chi connectivity index (χ0v) is 16.0. The van der Waals surface area contributed by atoms with Gasteiger partial charge in [0.05, 0.1) is 0 Å². The van der Waals surface area contributed by atoms with Crippen LogP contribution in [-0.2, 0) is 11.2 Å². The molecular formula is C23H20ClNO3. The van der Waals surface area contributed by atoms with Gasteiger partial charge in [-0.1, -0.05) is 41.9 Å². The molecule has 0 aliphatic carbocycles. The lowest BCUT2D eigenvalue weighted by Gasteiger charge is -2.08. The van der Waals surface area contributed by atoms with Crippen LogP contribution >= 0.6 is 11.6 Å². The maximum absolute atomic E-state index is 12.4. The molecule has 5 heteroatoms. The number of rotatable bonds is 8. The minimum atomic E-state index is -0.183. The Balaban J connectivity index is 1.45. The summed E-state index contributed by atoms with van der Waals surface area (Å²) in [6.07, 6.45) is 0.772. The molecule has 1 amide bonds. The minimum Gasteiger partial charge on any atom is -0.484 e. The van der Waals surface area contributed by atoms with E-state index < -0.39 is 0 Å². The number of hydrogen-bond acceptors (Lipinski definition) is 3. The number of carbonyl (C=O) groups excluding carboxylic acids is 2. The highest BCUT2D eigenvalue weighted by Gasteiger charge is 2.09.